The van der Waals surface area contributed by atoms with Crippen LogP contribution in [0.3, 0.4) is 0 Å². The third kappa shape index (κ3) is 3.00. The van der Waals surface area contributed by atoms with E-state index in [2.05, 4.69) is 17.6 Å². The van der Waals surface area contributed by atoms with E-state index in [4.69, 9.17) is 4.42 Å². The van der Waals surface area contributed by atoms with Gasteiger partial charge >= 0.3 is 0 Å². The molecular formula is C21H19N3O4S. The number of carbonyl (C=O) groups is 1. The zero-order valence-corrected chi connectivity index (χ0v) is 16.5. The fourth-order valence-corrected chi connectivity index (χ4v) is 5.54. The van der Waals surface area contributed by atoms with Gasteiger partial charge in [-0.15, -0.1) is 11.3 Å². The smallest absolute Gasteiger partial charge is 0.280 e. The summed E-state index contributed by atoms with van der Waals surface area (Å²) in [6, 6.07) is 9.89. The van der Waals surface area contributed by atoms with Crippen molar-refractivity contribution in [3.8, 4) is 11.3 Å². The predicted octanol–water partition coefficient (Wildman–Crippen LogP) is 4.90. The Morgan fingerprint density at radius 2 is 2.03 bits per heavy atom. The number of amides is 1. The first kappa shape index (κ1) is 17.9. The van der Waals surface area contributed by atoms with E-state index in [1.165, 1.54) is 16.5 Å². The van der Waals surface area contributed by atoms with Crippen molar-refractivity contribution in [3.05, 3.63) is 68.3 Å². The van der Waals surface area contributed by atoms with E-state index in [-0.39, 0.29) is 11.6 Å². The second kappa shape index (κ2) is 6.73. The molecule has 1 amide bonds. The summed E-state index contributed by atoms with van der Waals surface area (Å²) in [5, 5.41) is 18.5. The van der Waals surface area contributed by atoms with Gasteiger partial charge in [-0.1, -0.05) is 19.1 Å². The Hall–Kier alpha value is -3.13. The van der Waals surface area contributed by atoms with Gasteiger partial charge in [0.15, 0.2) is 6.17 Å². The third-order valence-corrected chi connectivity index (χ3v) is 6.75. The van der Waals surface area contributed by atoms with E-state index in [1.807, 2.05) is 0 Å². The highest BCUT2D eigenvalue weighted by atomic mass is 32.1. The quantitative estimate of drug-likeness (QED) is 0.474. The number of thiophene rings is 1. The minimum Gasteiger partial charge on any atom is -0.457 e. The monoisotopic (exact) mass is 409 g/mol. The summed E-state index contributed by atoms with van der Waals surface area (Å²) in [6.07, 6.45) is 2.54. The number of rotatable bonds is 3. The summed E-state index contributed by atoms with van der Waals surface area (Å²) < 4.78 is 5.91. The molecule has 7 nitrogen and oxygen atoms in total. The summed E-state index contributed by atoms with van der Waals surface area (Å²) in [6.45, 7) is 2.24. The number of nitro groups is 1. The molecule has 0 unspecified atom stereocenters. The first-order chi connectivity index (χ1) is 14.0. The van der Waals surface area contributed by atoms with Gasteiger partial charge in [-0.25, -0.2) is 0 Å². The van der Waals surface area contributed by atoms with Gasteiger partial charge in [-0.2, -0.15) is 0 Å². The Morgan fingerprint density at radius 3 is 2.86 bits per heavy atom. The Labute approximate surface area is 170 Å². The summed E-state index contributed by atoms with van der Waals surface area (Å²) in [7, 11) is 0. The fraction of sp³-hybridized carbons (Fsp3) is 0.286. The number of nitro benzene ring substituents is 1. The Bertz CT molecular complexity index is 1130. The van der Waals surface area contributed by atoms with Crippen LogP contribution in [0.25, 0.3) is 11.3 Å². The second-order valence-corrected chi connectivity index (χ2v) is 8.69. The maximum Gasteiger partial charge on any atom is 0.280 e. The highest BCUT2D eigenvalue weighted by Crippen LogP contribution is 2.43. The highest BCUT2D eigenvalue weighted by Gasteiger charge is 2.34. The fourth-order valence-electron chi connectivity index (χ4n) is 4.10. The predicted molar refractivity (Wildman–Crippen MR) is 110 cm³/mol. The number of para-hydroxylation sites is 1. The molecule has 29 heavy (non-hydrogen) atoms. The molecule has 1 aliphatic carbocycles. The van der Waals surface area contributed by atoms with E-state index < -0.39 is 11.1 Å². The van der Waals surface area contributed by atoms with Crippen LogP contribution in [0.2, 0.25) is 0 Å². The van der Waals surface area contributed by atoms with Crippen LogP contribution < -0.4 is 10.6 Å². The molecule has 148 valence electrons. The van der Waals surface area contributed by atoms with Crippen LogP contribution in [-0.2, 0) is 12.8 Å². The average molecular weight is 409 g/mol. The van der Waals surface area contributed by atoms with E-state index in [0.717, 1.165) is 29.8 Å². The Kier molecular flexibility index (Phi) is 4.16. The SMILES string of the molecule is C[C@@H]1CCc2c(sc3c2C(=O)N[C@H](c2ccc(-c4ccccc4[N+](=O)[O-])o2)N3)C1. The molecule has 5 rings (SSSR count). The molecule has 0 saturated carbocycles. The molecule has 3 heterocycles. The van der Waals surface area contributed by atoms with Crippen LogP contribution in [-0.4, -0.2) is 10.8 Å². The normalized spacial score (nSPS) is 20.4. The van der Waals surface area contributed by atoms with Gasteiger partial charge < -0.3 is 15.1 Å². The molecule has 0 fully saturated rings. The molecule has 0 saturated heterocycles. The lowest BCUT2D eigenvalue weighted by Crippen LogP contribution is -2.38. The molecule has 0 spiro atoms. The second-order valence-electron chi connectivity index (χ2n) is 7.58. The van der Waals surface area contributed by atoms with Crippen molar-refractivity contribution in [2.75, 3.05) is 5.32 Å². The number of fused-ring (bicyclic) bond motifs is 3. The summed E-state index contributed by atoms with van der Waals surface area (Å²) in [5.41, 5.74) is 2.33. The molecule has 2 N–H and O–H groups in total. The van der Waals surface area contributed by atoms with Crippen LogP contribution in [0.5, 0.6) is 0 Å². The minimum atomic E-state index is -0.510. The topological polar surface area (TPSA) is 97.4 Å². The van der Waals surface area contributed by atoms with Crippen LogP contribution in [0.4, 0.5) is 10.7 Å². The number of hydrogen-bond donors (Lipinski definition) is 2. The van der Waals surface area contributed by atoms with E-state index in [1.54, 1.807) is 41.7 Å². The Morgan fingerprint density at radius 1 is 1.21 bits per heavy atom. The maximum absolute atomic E-state index is 12.8. The lowest BCUT2D eigenvalue weighted by atomic mass is 9.88. The maximum atomic E-state index is 12.8. The zero-order chi connectivity index (χ0) is 20.1. The summed E-state index contributed by atoms with van der Waals surface area (Å²) in [4.78, 5) is 25.0. The van der Waals surface area contributed by atoms with E-state index in [9.17, 15) is 14.9 Å². The van der Waals surface area contributed by atoms with E-state index >= 15 is 0 Å². The van der Waals surface area contributed by atoms with Crippen molar-refractivity contribution in [3.63, 3.8) is 0 Å². The molecular weight excluding hydrogens is 390 g/mol. The molecule has 8 heteroatoms. The molecule has 0 bridgehead atoms. The first-order valence-corrected chi connectivity index (χ1v) is 10.4. The van der Waals surface area contributed by atoms with Crippen LogP contribution in [0, 0.1) is 16.0 Å². The number of anilines is 1. The highest BCUT2D eigenvalue weighted by molar-refractivity contribution is 7.16. The van der Waals surface area contributed by atoms with Gasteiger partial charge in [0.05, 0.1) is 16.1 Å². The lowest BCUT2D eigenvalue weighted by Gasteiger charge is -2.25. The summed E-state index contributed by atoms with van der Waals surface area (Å²) in [5.74, 6) is 1.44. The van der Waals surface area contributed by atoms with Gasteiger partial charge in [-0.3, -0.25) is 14.9 Å². The minimum absolute atomic E-state index is 0.0172. The van der Waals surface area contributed by atoms with E-state index in [0.29, 0.717) is 23.0 Å². The molecule has 2 aromatic heterocycles. The van der Waals surface area contributed by atoms with Crippen molar-refractivity contribution in [2.45, 2.75) is 32.4 Å². The molecule has 0 radical (unpaired) electrons. The number of nitrogens with zero attached hydrogens (tertiary/aromatic N) is 1. The van der Waals surface area contributed by atoms with Crippen molar-refractivity contribution in [1.29, 1.82) is 0 Å². The number of benzene rings is 1. The number of nitrogens with one attached hydrogen (secondary N) is 2. The van der Waals surface area contributed by atoms with Crippen molar-refractivity contribution in [2.24, 2.45) is 5.92 Å². The molecule has 3 aromatic rings. The molecule has 1 aromatic carbocycles. The number of carbonyl (C=O) groups excluding carboxylic acids is 1. The van der Waals surface area contributed by atoms with Crippen molar-refractivity contribution < 1.29 is 14.1 Å². The molecule has 1 aliphatic heterocycles. The van der Waals surface area contributed by atoms with Gasteiger partial charge in [0.2, 0.25) is 0 Å². The lowest BCUT2D eigenvalue weighted by molar-refractivity contribution is -0.384. The van der Waals surface area contributed by atoms with Gasteiger partial charge in [-0.05, 0) is 48.9 Å². The van der Waals surface area contributed by atoms with Gasteiger partial charge in [0, 0.05) is 10.9 Å². The summed E-state index contributed by atoms with van der Waals surface area (Å²) >= 11 is 1.65. The standard InChI is InChI=1S/C21H19N3O4S/c1-11-6-7-13-17(10-11)29-21-18(13)20(25)22-19(23-21)16-9-8-15(28-16)12-4-2-3-5-14(12)24(26)27/h2-5,8-9,11,19,23H,6-7,10H2,1H3,(H,22,25)/t11-,19+/m1/s1. The largest absolute Gasteiger partial charge is 0.457 e. The van der Waals surface area contributed by atoms with Crippen LogP contribution in [0.1, 0.15) is 46.1 Å². The number of hydrogen-bond acceptors (Lipinski definition) is 6. The van der Waals surface area contributed by atoms with Crippen LogP contribution in [0.15, 0.2) is 40.8 Å². The Balaban J connectivity index is 1.46. The average Bonchev–Trinajstić information content (AvgIpc) is 3.32. The third-order valence-electron chi connectivity index (χ3n) is 5.57. The zero-order valence-electron chi connectivity index (χ0n) is 15.7. The molecule has 2 atom stereocenters. The first-order valence-electron chi connectivity index (χ1n) is 9.56. The van der Waals surface area contributed by atoms with Gasteiger partial charge in [0.25, 0.3) is 11.6 Å². The molecule has 2 aliphatic rings. The number of furan rings is 1. The van der Waals surface area contributed by atoms with Crippen molar-refractivity contribution >= 4 is 27.9 Å². The van der Waals surface area contributed by atoms with Gasteiger partial charge in [0.1, 0.15) is 16.5 Å². The van der Waals surface area contributed by atoms with Crippen LogP contribution >= 0.6 is 11.3 Å². The van der Waals surface area contributed by atoms with Crippen molar-refractivity contribution in [1.82, 2.24) is 5.32 Å².